The standard InChI is InChI=1S/C17H12N2O2/c1-19-16(20)14-8-12(7-11-5-3-2-4-6-11)13(10-18)9-15(14)17(19)21/h2-6,8-9H,7H2,1H3. The van der Waals surface area contributed by atoms with Crippen molar-refractivity contribution in [3.05, 3.63) is 70.3 Å². The molecule has 0 fully saturated rings. The second-order valence-electron chi connectivity index (χ2n) is 5.00. The first-order valence-corrected chi connectivity index (χ1v) is 6.55. The molecular formula is C17H12N2O2. The molecule has 1 aliphatic rings. The van der Waals surface area contributed by atoms with Gasteiger partial charge in [0.15, 0.2) is 0 Å². The molecule has 0 aliphatic carbocycles. The van der Waals surface area contributed by atoms with Gasteiger partial charge < -0.3 is 0 Å². The predicted octanol–water partition coefficient (Wildman–Crippen LogP) is 2.37. The lowest BCUT2D eigenvalue weighted by Gasteiger charge is -2.06. The van der Waals surface area contributed by atoms with E-state index in [2.05, 4.69) is 6.07 Å². The number of carbonyl (C=O) groups is 2. The van der Waals surface area contributed by atoms with Crippen LogP contribution in [-0.4, -0.2) is 23.8 Å². The quantitative estimate of drug-likeness (QED) is 0.791. The van der Waals surface area contributed by atoms with Crippen molar-refractivity contribution in [2.45, 2.75) is 6.42 Å². The molecule has 2 aromatic carbocycles. The van der Waals surface area contributed by atoms with Gasteiger partial charge in [0.05, 0.1) is 22.8 Å². The lowest BCUT2D eigenvalue weighted by Crippen LogP contribution is -2.24. The molecule has 0 spiro atoms. The van der Waals surface area contributed by atoms with Crippen LogP contribution in [0.25, 0.3) is 0 Å². The van der Waals surface area contributed by atoms with Gasteiger partial charge in [-0.1, -0.05) is 30.3 Å². The van der Waals surface area contributed by atoms with Crippen LogP contribution in [0, 0.1) is 11.3 Å². The largest absolute Gasteiger partial charge is 0.277 e. The normalized spacial score (nSPS) is 13.2. The summed E-state index contributed by atoms with van der Waals surface area (Å²) in [7, 11) is 1.45. The Labute approximate surface area is 122 Å². The zero-order chi connectivity index (χ0) is 15.0. The van der Waals surface area contributed by atoms with Crippen LogP contribution in [0.2, 0.25) is 0 Å². The summed E-state index contributed by atoms with van der Waals surface area (Å²) in [6.45, 7) is 0. The van der Waals surface area contributed by atoms with E-state index in [-0.39, 0.29) is 11.8 Å². The molecule has 0 bridgehead atoms. The highest BCUT2D eigenvalue weighted by Crippen LogP contribution is 2.26. The molecule has 0 saturated carbocycles. The third-order valence-corrected chi connectivity index (χ3v) is 3.67. The fourth-order valence-electron chi connectivity index (χ4n) is 2.52. The van der Waals surface area contributed by atoms with Crippen molar-refractivity contribution in [2.75, 3.05) is 7.05 Å². The number of fused-ring (bicyclic) bond motifs is 1. The van der Waals surface area contributed by atoms with E-state index >= 15 is 0 Å². The molecule has 0 saturated heterocycles. The summed E-state index contributed by atoms with van der Waals surface area (Å²) in [5, 5.41) is 9.29. The average Bonchev–Trinajstić information content (AvgIpc) is 2.72. The van der Waals surface area contributed by atoms with Gasteiger partial charge in [-0.25, -0.2) is 0 Å². The summed E-state index contributed by atoms with van der Waals surface area (Å²) in [4.78, 5) is 25.1. The van der Waals surface area contributed by atoms with Crippen LogP contribution >= 0.6 is 0 Å². The molecule has 4 heteroatoms. The van der Waals surface area contributed by atoms with E-state index in [1.807, 2.05) is 30.3 Å². The van der Waals surface area contributed by atoms with Crippen molar-refractivity contribution < 1.29 is 9.59 Å². The maximum atomic E-state index is 12.0. The molecule has 2 amide bonds. The first-order valence-electron chi connectivity index (χ1n) is 6.55. The molecule has 0 N–H and O–H groups in total. The van der Waals surface area contributed by atoms with Crippen LogP contribution < -0.4 is 0 Å². The van der Waals surface area contributed by atoms with Gasteiger partial charge in [0.25, 0.3) is 11.8 Å². The summed E-state index contributed by atoms with van der Waals surface area (Å²) in [6.07, 6.45) is 0.558. The summed E-state index contributed by atoms with van der Waals surface area (Å²) < 4.78 is 0. The summed E-state index contributed by atoms with van der Waals surface area (Å²) in [5.41, 5.74) is 2.95. The molecular weight excluding hydrogens is 264 g/mol. The highest BCUT2D eigenvalue weighted by Gasteiger charge is 2.33. The van der Waals surface area contributed by atoms with Crippen LogP contribution in [-0.2, 0) is 6.42 Å². The van der Waals surface area contributed by atoms with Gasteiger partial charge in [-0.05, 0) is 29.7 Å². The Hall–Kier alpha value is -2.93. The number of hydrogen-bond donors (Lipinski definition) is 0. The third kappa shape index (κ3) is 2.09. The van der Waals surface area contributed by atoms with E-state index in [1.165, 1.54) is 13.1 Å². The molecule has 1 aliphatic heterocycles. The Bertz CT molecular complexity index is 788. The lowest BCUT2D eigenvalue weighted by molar-refractivity contribution is 0.0693. The van der Waals surface area contributed by atoms with E-state index in [0.29, 0.717) is 23.1 Å². The van der Waals surface area contributed by atoms with Crippen molar-refractivity contribution in [1.82, 2.24) is 4.90 Å². The van der Waals surface area contributed by atoms with Gasteiger partial charge in [0.2, 0.25) is 0 Å². The number of carbonyl (C=O) groups excluding carboxylic acids is 2. The van der Waals surface area contributed by atoms with E-state index in [1.54, 1.807) is 6.07 Å². The third-order valence-electron chi connectivity index (χ3n) is 3.67. The minimum Gasteiger partial charge on any atom is -0.277 e. The van der Waals surface area contributed by atoms with E-state index in [9.17, 15) is 14.9 Å². The highest BCUT2D eigenvalue weighted by molar-refractivity contribution is 6.21. The van der Waals surface area contributed by atoms with Gasteiger partial charge >= 0.3 is 0 Å². The smallest absolute Gasteiger partial charge is 0.261 e. The zero-order valence-electron chi connectivity index (χ0n) is 11.5. The second kappa shape index (κ2) is 4.88. The number of amides is 2. The van der Waals surface area contributed by atoms with Gasteiger partial charge in [0.1, 0.15) is 0 Å². The Kier molecular flexibility index (Phi) is 3.03. The zero-order valence-corrected chi connectivity index (χ0v) is 11.5. The van der Waals surface area contributed by atoms with E-state index in [4.69, 9.17) is 0 Å². The molecule has 4 nitrogen and oxygen atoms in total. The molecule has 102 valence electrons. The highest BCUT2D eigenvalue weighted by atomic mass is 16.2. The molecule has 3 rings (SSSR count). The topological polar surface area (TPSA) is 61.2 Å². The van der Waals surface area contributed by atoms with Crippen molar-refractivity contribution >= 4 is 11.8 Å². The van der Waals surface area contributed by atoms with Gasteiger partial charge in [-0.3, -0.25) is 14.5 Å². The Morgan fingerprint density at radius 1 is 1.05 bits per heavy atom. The van der Waals surface area contributed by atoms with Crippen molar-refractivity contribution in [3.8, 4) is 6.07 Å². The Balaban J connectivity index is 2.09. The summed E-state index contributed by atoms with van der Waals surface area (Å²) >= 11 is 0. The molecule has 1 heterocycles. The minimum atomic E-state index is -0.349. The SMILES string of the molecule is CN1C(=O)c2cc(C#N)c(Cc3ccccc3)cc2C1=O. The van der Waals surface area contributed by atoms with Crippen molar-refractivity contribution in [1.29, 1.82) is 5.26 Å². The minimum absolute atomic E-state index is 0.311. The van der Waals surface area contributed by atoms with Gasteiger partial charge in [-0.15, -0.1) is 0 Å². The molecule has 0 unspecified atom stereocenters. The van der Waals surface area contributed by atoms with Crippen LogP contribution in [0.1, 0.15) is 37.4 Å². The van der Waals surface area contributed by atoms with Gasteiger partial charge in [-0.2, -0.15) is 5.26 Å². The second-order valence-corrected chi connectivity index (χ2v) is 5.00. The fourth-order valence-corrected chi connectivity index (χ4v) is 2.52. The van der Waals surface area contributed by atoms with E-state index in [0.717, 1.165) is 16.0 Å². The maximum Gasteiger partial charge on any atom is 0.261 e. The molecule has 2 aromatic rings. The number of rotatable bonds is 2. The Morgan fingerprint density at radius 3 is 2.29 bits per heavy atom. The maximum absolute atomic E-state index is 12.0. The molecule has 21 heavy (non-hydrogen) atoms. The van der Waals surface area contributed by atoms with Crippen molar-refractivity contribution in [3.63, 3.8) is 0 Å². The van der Waals surface area contributed by atoms with E-state index < -0.39 is 0 Å². The average molecular weight is 276 g/mol. The van der Waals surface area contributed by atoms with Crippen LogP contribution in [0.4, 0.5) is 0 Å². The van der Waals surface area contributed by atoms with Crippen LogP contribution in [0.15, 0.2) is 42.5 Å². The van der Waals surface area contributed by atoms with Crippen molar-refractivity contribution in [2.24, 2.45) is 0 Å². The molecule has 0 atom stereocenters. The number of benzene rings is 2. The first-order chi connectivity index (χ1) is 10.1. The number of imide groups is 1. The molecule has 0 aromatic heterocycles. The van der Waals surface area contributed by atoms with Crippen LogP contribution in [0.3, 0.4) is 0 Å². The predicted molar refractivity (Wildman–Crippen MR) is 76.8 cm³/mol. The van der Waals surface area contributed by atoms with Gasteiger partial charge in [0, 0.05) is 7.05 Å². The monoisotopic (exact) mass is 276 g/mol. The Morgan fingerprint density at radius 2 is 1.67 bits per heavy atom. The number of nitriles is 1. The summed E-state index contributed by atoms with van der Waals surface area (Å²) in [6, 6.07) is 15.0. The summed E-state index contributed by atoms with van der Waals surface area (Å²) in [5.74, 6) is -0.661. The number of hydrogen-bond acceptors (Lipinski definition) is 3. The molecule has 0 radical (unpaired) electrons. The lowest BCUT2D eigenvalue weighted by atomic mass is 9.95. The number of nitrogens with zero attached hydrogens (tertiary/aromatic N) is 2. The first kappa shape index (κ1) is 13.1. The van der Waals surface area contributed by atoms with Crippen LogP contribution in [0.5, 0.6) is 0 Å². The fraction of sp³-hybridized carbons (Fsp3) is 0.118.